The van der Waals surface area contributed by atoms with E-state index in [0.717, 1.165) is 32.1 Å². The van der Waals surface area contributed by atoms with Gasteiger partial charge in [-0.25, -0.2) is 0 Å². The molecule has 0 saturated heterocycles. The number of aryl methyl sites for hydroxylation is 1. The van der Waals surface area contributed by atoms with E-state index in [9.17, 15) is 5.11 Å². The number of hydrogen-bond acceptors (Lipinski definition) is 1. The molecule has 1 aromatic carbocycles. The first-order valence-electron chi connectivity index (χ1n) is 6.64. The van der Waals surface area contributed by atoms with Crippen molar-refractivity contribution in [1.29, 1.82) is 0 Å². The molecule has 1 saturated carbocycles. The summed E-state index contributed by atoms with van der Waals surface area (Å²) in [6, 6.07) is 8.44. The maximum Gasteiger partial charge on any atom is 0.0962 e. The third kappa shape index (κ3) is 1.49. The van der Waals surface area contributed by atoms with Crippen LogP contribution >= 0.6 is 0 Å². The Labute approximate surface area is 103 Å². The SMILES string of the molecule is C=CCCC12CCCc3ccccc3C1(O)C2. The Kier molecular flexibility index (Phi) is 2.41. The monoisotopic (exact) mass is 228 g/mol. The van der Waals surface area contributed by atoms with Gasteiger partial charge in [-0.15, -0.1) is 6.58 Å². The van der Waals surface area contributed by atoms with Crippen LogP contribution in [0.4, 0.5) is 0 Å². The molecule has 90 valence electrons. The maximum absolute atomic E-state index is 10.9. The fourth-order valence-corrected chi connectivity index (χ4v) is 3.68. The van der Waals surface area contributed by atoms with Crippen molar-refractivity contribution >= 4 is 0 Å². The highest BCUT2D eigenvalue weighted by Gasteiger charge is 2.67. The van der Waals surface area contributed by atoms with E-state index in [1.165, 1.54) is 17.5 Å². The molecular weight excluding hydrogens is 208 g/mol. The molecule has 1 nitrogen and oxygen atoms in total. The van der Waals surface area contributed by atoms with Crippen molar-refractivity contribution in [2.45, 2.75) is 44.1 Å². The van der Waals surface area contributed by atoms with E-state index in [4.69, 9.17) is 0 Å². The molecule has 2 unspecified atom stereocenters. The zero-order valence-corrected chi connectivity index (χ0v) is 10.3. The number of rotatable bonds is 3. The summed E-state index contributed by atoms with van der Waals surface area (Å²) in [6.07, 6.45) is 8.51. The van der Waals surface area contributed by atoms with Gasteiger partial charge in [0.15, 0.2) is 0 Å². The summed E-state index contributed by atoms with van der Waals surface area (Å²) in [6.45, 7) is 3.80. The highest BCUT2D eigenvalue weighted by molar-refractivity contribution is 5.41. The van der Waals surface area contributed by atoms with E-state index in [1.807, 2.05) is 6.08 Å². The summed E-state index contributed by atoms with van der Waals surface area (Å²) < 4.78 is 0. The molecule has 0 aliphatic heterocycles. The van der Waals surface area contributed by atoms with Crippen molar-refractivity contribution in [2.75, 3.05) is 0 Å². The lowest BCUT2D eigenvalue weighted by atomic mass is 9.89. The van der Waals surface area contributed by atoms with Gasteiger partial charge in [0.2, 0.25) is 0 Å². The van der Waals surface area contributed by atoms with Crippen molar-refractivity contribution < 1.29 is 5.11 Å². The first kappa shape index (κ1) is 11.0. The Morgan fingerprint density at radius 3 is 3.00 bits per heavy atom. The van der Waals surface area contributed by atoms with E-state index < -0.39 is 5.60 Å². The largest absolute Gasteiger partial charge is 0.385 e. The normalized spacial score (nSPS) is 34.4. The Bertz CT molecular complexity index is 451. The molecule has 0 aromatic heterocycles. The molecule has 0 amide bonds. The van der Waals surface area contributed by atoms with Crippen LogP contribution in [0.3, 0.4) is 0 Å². The predicted octanol–water partition coefficient (Wildman–Crippen LogP) is 3.57. The van der Waals surface area contributed by atoms with Gasteiger partial charge < -0.3 is 5.11 Å². The van der Waals surface area contributed by atoms with Crippen molar-refractivity contribution in [3.05, 3.63) is 48.0 Å². The molecule has 1 heteroatoms. The number of hydrogen-bond donors (Lipinski definition) is 1. The molecule has 1 aromatic rings. The van der Waals surface area contributed by atoms with Gasteiger partial charge in [-0.1, -0.05) is 30.3 Å². The second-order valence-electron chi connectivity index (χ2n) is 5.66. The third-order valence-electron chi connectivity index (χ3n) is 4.74. The number of allylic oxidation sites excluding steroid dienone is 1. The summed E-state index contributed by atoms with van der Waals surface area (Å²) in [5.74, 6) is 0. The lowest BCUT2D eigenvalue weighted by molar-refractivity contribution is 0.0900. The van der Waals surface area contributed by atoms with Crippen LogP contribution in [0, 0.1) is 5.41 Å². The van der Waals surface area contributed by atoms with Crippen LogP contribution in [0.5, 0.6) is 0 Å². The Hall–Kier alpha value is -1.08. The summed E-state index contributed by atoms with van der Waals surface area (Å²) in [5, 5.41) is 10.9. The van der Waals surface area contributed by atoms with E-state index in [-0.39, 0.29) is 5.41 Å². The number of benzene rings is 1. The van der Waals surface area contributed by atoms with Gasteiger partial charge in [0.1, 0.15) is 0 Å². The van der Waals surface area contributed by atoms with Crippen LogP contribution in [0.1, 0.15) is 43.2 Å². The van der Waals surface area contributed by atoms with Crippen LogP contribution < -0.4 is 0 Å². The highest BCUT2D eigenvalue weighted by Crippen LogP contribution is 2.69. The van der Waals surface area contributed by atoms with Crippen LogP contribution in [-0.4, -0.2) is 5.11 Å². The molecule has 0 bridgehead atoms. The van der Waals surface area contributed by atoms with E-state index in [2.05, 4.69) is 30.8 Å². The first-order valence-corrected chi connectivity index (χ1v) is 6.64. The predicted molar refractivity (Wildman–Crippen MR) is 69.8 cm³/mol. The van der Waals surface area contributed by atoms with Crippen molar-refractivity contribution in [2.24, 2.45) is 5.41 Å². The summed E-state index contributed by atoms with van der Waals surface area (Å²) in [5.41, 5.74) is 2.16. The molecule has 2 aliphatic rings. The molecule has 0 radical (unpaired) electrons. The topological polar surface area (TPSA) is 20.2 Å². The molecule has 0 heterocycles. The van der Waals surface area contributed by atoms with E-state index in [1.54, 1.807) is 0 Å². The van der Waals surface area contributed by atoms with Gasteiger partial charge in [-0.05, 0) is 49.7 Å². The van der Waals surface area contributed by atoms with Gasteiger partial charge in [0, 0.05) is 5.41 Å². The third-order valence-corrected chi connectivity index (χ3v) is 4.74. The maximum atomic E-state index is 10.9. The summed E-state index contributed by atoms with van der Waals surface area (Å²) in [7, 11) is 0. The minimum atomic E-state index is -0.539. The number of fused-ring (bicyclic) bond motifs is 3. The van der Waals surface area contributed by atoms with Crippen LogP contribution in [0.25, 0.3) is 0 Å². The van der Waals surface area contributed by atoms with Gasteiger partial charge in [0.05, 0.1) is 5.60 Å². The average Bonchev–Trinajstić information content (AvgIpc) is 2.95. The summed E-state index contributed by atoms with van der Waals surface area (Å²) >= 11 is 0. The molecule has 2 aliphatic carbocycles. The molecule has 1 N–H and O–H groups in total. The molecule has 17 heavy (non-hydrogen) atoms. The molecule has 2 atom stereocenters. The van der Waals surface area contributed by atoms with Gasteiger partial charge in [-0.3, -0.25) is 0 Å². The van der Waals surface area contributed by atoms with Gasteiger partial charge >= 0.3 is 0 Å². The van der Waals surface area contributed by atoms with Crippen molar-refractivity contribution in [3.8, 4) is 0 Å². The smallest absolute Gasteiger partial charge is 0.0962 e. The fourth-order valence-electron chi connectivity index (χ4n) is 3.68. The summed E-state index contributed by atoms with van der Waals surface area (Å²) in [4.78, 5) is 0. The minimum Gasteiger partial charge on any atom is -0.385 e. The Morgan fingerprint density at radius 2 is 2.18 bits per heavy atom. The quantitative estimate of drug-likeness (QED) is 0.784. The van der Waals surface area contributed by atoms with Gasteiger partial charge in [0.25, 0.3) is 0 Å². The van der Waals surface area contributed by atoms with Crippen molar-refractivity contribution in [3.63, 3.8) is 0 Å². The molecule has 0 spiro atoms. The van der Waals surface area contributed by atoms with Crippen LogP contribution in [0.2, 0.25) is 0 Å². The zero-order chi connectivity index (χ0) is 11.9. The fraction of sp³-hybridized carbons (Fsp3) is 0.500. The van der Waals surface area contributed by atoms with Crippen LogP contribution in [0.15, 0.2) is 36.9 Å². The zero-order valence-electron chi connectivity index (χ0n) is 10.3. The Balaban J connectivity index is 1.97. The minimum absolute atomic E-state index is 0.147. The van der Waals surface area contributed by atoms with E-state index in [0.29, 0.717) is 0 Å². The molecule has 1 fully saturated rings. The first-order chi connectivity index (χ1) is 8.22. The van der Waals surface area contributed by atoms with Gasteiger partial charge in [-0.2, -0.15) is 0 Å². The van der Waals surface area contributed by atoms with E-state index >= 15 is 0 Å². The average molecular weight is 228 g/mol. The number of aliphatic hydroxyl groups is 1. The Morgan fingerprint density at radius 1 is 1.35 bits per heavy atom. The lowest BCUT2D eigenvalue weighted by Gasteiger charge is -2.20. The second-order valence-corrected chi connectivity index (χ2v) is 5.66. The van der Waals surface area contributed by atoms with Crippen LogP contribution in [-0.2, 0) is 12.0 Å². The second kappa shape index (κ2) is 3.71. The highest BCUT2D eigenvalue weighted by atomic mass is 16.3. The standard InChI is InChI=1S/C16H20O/c1-2-3-10-15-11-6-8-13-7-4-5-9-14(13)16(15,17)12-15/h2,4-5,7,9,17H,1,3,6,8,10-12H2. The lowest BCUT2D eigenvalue weighted by Crippen LogP contribution is -2.17. The van der Waals surface area contributed by atoms with Crippen molar-refractivity contribution in [1.82, 2.24) is 0 Å². The molecule has 3 rings (SSSR count). The molecular formula is C16H20O.